The summed E-state index contributed by atoms with van der Waals surface area (Å²) in [5.74, 6) is 0.479. The van der Waals surface area contributed by atoms with E-state index in [0.29, 0.717) is 11.3 Å². The van der Waals surface area contributed by atoms with Crippen molar-refractivity contribution in [3.63, 3.8) is 0 Å². The average Bonchev–Trinajstić information content (AvgIpc) is 2.38. The quantitative estimate of drug-likeness (QED) is 0.921. The minimum atomic E-state index is -3.79. The van der Waals surface area contributed by atoms with Crippen molar-refractivity contribution in [3.8, 4) is 16.9 Å². The molecule has 0 saturated heterocycles. The van der Waals surface area contributed by atoms with Gasteiger partial charge in [-0.3, -0.25) is 0 Å². The normalized spacial score (nSPS) is 11.2. The predicted octanol–water partition coefficient (Wildman–Crippen LogP) is 2.01. The second-order valence-electron chi connectivity index (χ2n) is 3.74. The van der Waals surface area contributed by atoms with E-state index >= 15 is 0 Å². The molecule has 0 fully saturated rings. The van der Waals surface area contributed by atoms with E-state index in [1.807, 2.05) is 30.3 Å². The number of hydrogen-bond donors (Lipinski definition) is 1. The molecule has 0 bridgehead atoms. The lowest BCUT2D eigenvalue weighted by Crippen LogP contribution is -2.13. The zero-order valence-corrected chi connectivity index (χ0v) is 10.6. The van der Waals surface area contributed by atoms with Crippen molar-refractivity contribution >= 4 is 10.0 Å². The third-order valence-corrected chi connectivity index (χ3v) is 3.53. The number of sulfonamides is 1. The molecule has 0 radical (unpaired) electrons. The molecule has 2 aromatic carbocycles. The van der Waals surface area contributed by atoms with Gasteiger partial charge in [-0.1, -0.05) is 36.4 Å². The monoisotopic (exact) mass is 263 g/mol. The van der Waals surface area contributed by atoms with E-state index in [2.05, 4.69) is 0 Å². The number of rotatable bonds is 3. The van der Waals surface area contributed by atoms with Crippen LogP contribution in [-0.4, -0.2) is 15.5 Å². The highest BCUT2D eigenvalue weighted by molar-refractivity contribution is 7.89. The summed E-state index contributed by atoms with van der Waals surface area (Å²) in [5.41, 5.74) is 1.24. The smallest absolute Gasteiger partial charge is 0.238 e. The van der Waals surface area contributed by atoms with E-state index in [-0.39, 0.29) is 4.90 Å². The molecule has 2 aromatic rings. The highest BCUT2D eigenvalue weighted by atomic mass is 32.2. The van der Waals surface area contributed by atoms with Gasteiger partial charge in [-0.05, 0) is 17.7 Å². The molecule has 4 nitrogen and oxygen atoms in total. The van der Waals surface area contributed by atoms with Crippen LogP contribution in [0.3, 0.4) is 0 Å². The maximum absolute atomic E-state index is 11.6. The van der Waals surface area contributed by atoms with Gasteiger partial charge >= 0.3 is 0 Å². The highest BCUT2D eigenvalue weighted by Gasteiger charge is 2.18. The molecule has 0 unspecified atom stereocenters. The lowest BCUT2D eigenvalue weighted by molar-refractivity contribution is 0.415. The summed E-state index contributed by atoms with van der Waals surface area (Å²) in [7, 11) is -2.30. The van der Waals surface area contributed by atoms with Crippen molar-refractivity contribution in [1.29, 1.82) is 0 Å². The van der Waals surface area contributed by atoms with Crippen molar-refractivity contribution < 1.29 is 13.2 Å². The summed E-state index contributed by atoms with van der Waals surface area (Å²) in [6, 6.07) is 13.9. The molecule has 0 spiro atoms. The minimum Gasteiger partial charge on any atom is -0.496 e. The fourth-order valence-corrected chi connectivity index (χ4v) is 2.58. The molecule has 0 aliphatic carbocycles. The molecule has 94 valence electrons. The summed E-state index contributed by atoms with van der Waals surface area (Å²) in [6.07, 6.45) is 0. The van der Waals surface area contributed by atoms with Crippen LogP contribution in [-0.2, 0) is 10.0 Å². The summed E-state index contributed by atoms with van der Waals surface area (Å²) in [5, 5.41) is 5.24. The van der Waals surface area contributed by atoms with Crippen LogP contribution in [0.2, 0.25) is 0 Å². The standard InChI is InChI=1S/C13H13NO3S/c1-17-11-8-5-9-12(18(14,15)16)13(11)10-6-3-2-4-7-10/h2-9H,1H3,(H2,14,15,16). The van der Waals surface area contributed by atoms with Crippen molar-refractivity contribution in [3.05, 3.63) is 48.5 Å². The molecule has 0 aliphatic heterocycles. The van der Waals surface area contributed by atoms with Gasteiger partial charge in [-0.15, -0.1) is 0 Å². The molecule has 2 rings (SSSR count). The highest BCUT2D eigenvalue weighted by Crippen LogP contribution is 2.35. The van der Waals surface area contributed by atoms with Gasteiger partial charge in [0, 0.05) is 5.56 Å². The Morgan fingerprint density at radius 3 is 2.22 bits per heavy atom. The summed E-state index contributed by atoms with van der Waals surface area (Å²) in [6.45, 7) is 0. The molecule has 0 aliphatic rings. The van der Waals surface area contributed by atoms with Crippen LogP contribution in [0.4, 0.5) is 0 Å². The van der Waals surface area contributed by atoms with E-state index < -0.39 is 10.0 Å². The lowest BCUT2D eigenvalue weighted by Gasteiger charge is -2.12. The number of methoxy groups -OCH3 is 1. The number of nitrogens with two attached hydrogens (primary N) is 1. The van der Waals surface area contributed by atoms with Gasteiger partial charge in [0.05, 0.1) is 12.0 Å². The topological polar surface area (TPSA) is 69.4 Å². The SMILES string of the molecule is COc1cccc(S(N)(=O)=O)c1-c1ccccc1. The second kappa shape index (κ2) is 4.80. The Kier molecular flexibility index (Phi) is 3.36. The van der Waals surface area contributed by atoms with Crippen molar-refractivity contribution in [2.75, 3.05) is 7.11 Å². The zero-order valence-electron chi connectivity index (χ0n) is 9.83. The molecule has 0 heterocycles. The molecule has 2 N–H and O–H groups in total. The fraction of sp³-hybridized carbons (Fsp3) is 0.0769. The van der Waals surface area contributed by atoms with Crippen molar-refractivity contribution in [1.82, 2.24) is 0 Å². The third-order valence-electron chi connectivity index (χ3n) is 2.58. The molecule has 5 heteroatoms. The van der Waals surface area contributed by atoms with Crippen LogP contribution in [0.1, 0.15) is 0 Å². The van der Waals surface area contributed by atoms with Crippen LogP contribution >= 0.6 is 0 Å². The fourth-order valence-electron chi connectivity index (χ4n) is 1.81. The average molecular weight is 263 g/mol. The Morgan fingerprint density at radius 1 is 1.00 bits per heavy atom. The van der Waals surface area contributed by atoms with Crippen LogP contribution < -0.4 is 9.88 Å². The minimum absolute atomic E-state index is 0.0630. The van der Waals surface area contributed by atoms with E-state index in [9.17, 15) is 8.42 Å². The first-order valence-electron chi connectivity index (χ1n) is 5.29. The molecule has 0 amide bonds. The molecule has 0 saturated carbocycles. The summed E-state index contributed by atoms with van der Waals surface area (Å²) in [4.78, 5) is 0.0630. The largest absolute Gasteiger partial charge is 0.496 e. The van der Waals surface area contributed by atoms with Crippen LogP contribution in [0.5, 0.6) is 5.75 Å². The molecule has 0 aromatic heterocycles. The van der Waals surface area contributed by atoms with Gasteiger partial charge in [-0.25, -0.2) is 13.6 Å². The van der Waals surface area contributed by atoms with Crippen molar-refractivity contribution in [2.24, 2.45) is 5.14 Å². The second-order valence-corrected chi connectivity index (χ2v) is 5.27. The van der Waals surface area contributed by atoms with Gasteiger partial charge in [-0.2, -0.15) is 0 Å². The molecular formula is C13H13NO3S. The Labute approximate surface area is 106 Å². The van der Waals surface area contributed by atoms with Gasteiger partial charge in [0.1, 0.15) is 5.75 Å². The summed E-state index contributed by atoms with van der Waals surface area (Å²) >= 11 is 0. The number of hydrogen-bond acceptors (Lipinski definition) is 3. The predicted molar refractivity (Wildman–Crippen MR) is 69.8 cm³/mol. The Bertz CT molecular complexity index is 651. The number of ether oxygens (including phenoxy) is 1. The number of primary sulfonamides is 1. The van der Waals surface area contributed by atoms with E-state index in [0.717, 1.165) is 5.56 Å². The lowest BCUT2D eigenvalue weighted by atomic mass is 10.0. The van der Waals surface area contributed by atoms with Crippen LogP contribution in [0.15, 0.2) is 53.4 Å². The maximum Gasteiger partial charge on any atom is 0.238 e. The van der Waals surface area contributed by atoms with Gasteiger partial charge in [0.2, 0.25) is 10.0 Å². The molecular weight excluding hydrogens is 250 g/mol. The Balaban J connectivity index is 2.79. The number of benzene rings is 2. The van der Waals surface area contributed by atoms with E-state index in [1.54, 1.807) is 12.1 Å². The maximum atomic E-state index is 11.6. The van der Waals surface area contributed by atoms with Crippen LogP contribution in [0, 0.1) is 0 Å². The third kappa shape index (κ3) is 2.37. The van der Waals surface area contributed by atoms with Gasteiger partial charge < -0.3 is 4.74 Å². The van der Waals surface area contributed by atoms with E-state index in [1.165, 1.54) is 13.2 Å². The zero-order chi connectivity index (χ0) is 13.2. The van der Waals surface area contributed by atoms with E-state index in [4.69, 9.17) is 9.88 Å². The first kappa shape index (κ1) is 12.6. The van der Waals surface area contributed by atoms with Crippen molar-refractivity contribution in [2.45, 2.75) is 4.90 Å². The summed E-state index contributed by atoms with van der Waals surface area (Å²) < 4.78 is 28.5. The Morgan fingerprint density at radius 2 is 1.67 bits per heavy atom. The first-order chi connectivity index (χ1) is 8.54. The Hall–Kier alpha value is -1.85. The first-order valence-corrected chi connectivity index (χ1v) is 6.84. The molecule has 0 atom stereocenters. The van der Waals surface area contributed by atoms with Gasteiger partial charge in [0.25, 0.3) is 0 Å². The van der Waals surface area contributed by atoms with Gasteiger partial charge in [0.15, 0.2) is 0 Å². The molecule has 18 heavy (non-hydrogen) atoms. The van der Waals surface area contributed by atoms with Crippen LogP contribution in [0.25, 0.3) is 11.1 Å².